The van der Waals surface area contributed by atoms with Gasteiger partial charge in [0, 0.05) is 24.6 Å². The number of hydrogen-bond donors (Lipinski definition) is 1. The predicted molar refractivity (Wildman–Crippen MR) is 63.5 cm³/mol. The Bertz CT molecular complexity index is 376. The molecule has 1 aliphatic heterocycles. The normalized spacial score (nSPS) is 17.7. The molecule has 1 aromatic carbocycles. The van der Waals surface area contributed by atoms with Crippen LogP contribution in [-0.2, 0) is 9.53 Å². The van der Waals surface area contributed by atoms with Crippen molar-refractivity contribution in [2.75, 3.05) is 18.5 Å². The Hall–Kier alpha value is -1.51. The van der Waals surface area contributed by atoms with Gasteiger partial charge in [0.2, 0.25) is 0 Å². The molecule has 1 atom stereocenters. The maximum absolute atomic E-state index is 11.3. The van der Waals surface area contributed by atoms with E-state index in [4.69, 9.17) is 4.74 Å². The number of rotatable bonds is 4. The molecular formula is C13H17NO2. The van der Waals surface area contributed by atoms with E-state index in [9.17, 15) is 4.79 Å². The summed E-state index contributed by atoms with van der Waals surface area (Å²) in [6.45, 7) is 3.24. The first-order valence-electron chi connectivity index (χ1n) is 5.79. The number of esters is 1. The fraction of sp³-hybridized carbons (Fsp3) is 0.462. The summed E-state index contributed by atoms with van der Waals surface area (Å²) >= 11 is 0. The third-order valence-electron chi connectivity index (χ3n) is 2.94. The van der Waals surface area contributed by atoms with Crippen LogP contribution in [0.2, 0.25) is 0 Å². The number of hydrogen-bond acceptors (Lipinski definition) is 3. The van der Waals surface area contributed by atoms with Crippen molar-refractivity contribution in [3.05, 3.63) is 29.8 Å². The van der Waals surface area contributed by atoms with Crippen molar-refractivity contribution < 1.29 is 9.53 Å². The lowest BCUT2D eigenvalue weighted by molar-refractivity contribution is -0.143. The van der Waals surface area contributed by atoms with Gasteiger partial charge in [-0.15, -0.1) is 0 Å². The van der Waals surface area contributed by atoms with Gasteiger partial charge in [-0.05, 0) is 25.0 Å². The topological polar surface area (TPSA) is 38.3 Å². The number of carbonyl (C=O) groups is 1. The zero-order valence-corrected chi connectivity index (χ0v) is 9.53. The second-order valence-corrected chi connectivity index (χ2v) is 4.01. The second kappa shape index (κ2) is 5.01. The van der Waals surface area contributed by atoms with Gasteiger partial charge in [-0.3, -0.25) is 4.79 Å². The minimum atomic E-state index is -0.0909. The molecule has 0 bridgehead atoms. The first-order chi connectivity index (χ1) is 7.81. The molecule has 0 saturated carbocycles. The summed E-state index contributed by atoms with van der Waals surface area (Å²) in [6, 6.07) is 8.29. The summed E-state index contributed by atoms with van der Waals surface area (Å²) in [7, 11) is 0. The van der Waals surface area contributed by atoms with Crippen LogP contribution >= 0.6 is 0 Å². The van der Waals surface area contributed by atoms with Crippen LogP contribution < -0.4 is 5.32 Å². The average molecular weight is 219 g/mol. The van der Waals surface area contributed by atoms with Crippen molar-refractivity contribution in [2.24, 2.45) is 0 Å². The summed E-state index contributed by atoms with van der Waals surface area (Å²) in [4.78, 5) is 11.3. The van der Waals surface area contributed by atoms with Crippen molar-refractivity contribution in [3.63, 3.8) is 0 Å². The summed E-state index contributed by atoms with van der Waals surface area (Å²) < 4.78 is 4.93. The van der Waals surface area contributed by atoms with Crippen molar-refractivity contribution >= 4 is 11.7 Å². The molecule has 16 heavy (non-hydrogen) atoms. The van der Waals surface area contributed by atoms with Crippen molar-refractivity contribution in [1.29, 1.82) is 0 Å². The van der Waals surface area contributed by atoms with E-state index in [-0.39, 0.29) is 5.97 Å². The molecule has 0 saturated heterocycles. The number of carbonyl (C=O) groups excluding carboxylic acids is 1. The number of nitrogens with one attached hydrogen (secondary N) is 1. The number of para-hydroxylation sites is 1. The Labute approximate surface area is 95.8 Å². The van der Waals surface area contributed by atoms with Crippen LogP contribution in [0.3, 0.4) is 0 Å². The van der Waals surface area contributed by atoms with Crippen LogP contribution in [0.25, 0.3) is 0 Å². The van der Waals surface area contributed by atoms with E-state index in [1.165, 1.54) is 11.3 Å². The summed E-state index contributed by atoms with van der Waals surface area (Å²) in [5, 5.41) is 3.35. The predicted octanol–water partition coefficient (Wildman–Crippen LogP) is 2.54. The number of benzene rings is 1. The van der Waals surface area contributed by atoms with Crippen LogP contribution in [0.15, 0.2) is 24.3 Å². The molecule has 0 radical (unpaired) electrons. The maximum Gasteiger partial charge on any atom is 0.305 e. The Morgan fingerprint density at radius 1 is 1.50 bits per heavy atom. The lowest BCUT2D eigenvalue weighted by Gasteiger charge is -2.09. The average Bonchev–Trinajstić information content (AvgIpc) is 2.70. The Morgan fingerprint density at radius 2 is 2.31 bits per heavy atom. The lowest BCUT2D eigenvalue weighted by atomic mass is 9.96. The highest BCUT2D eigenvalue weighted by Gasteiger charge is 2.22. The van der Waals surface area contributed by atoms with E-state index in [0.717, 1.165) is 13.0 Å². The van der Waals surface area contributed by atoms with Crippen molar-refractivity contribution in [2.45, 2.75) is 25.7 Å². The van der Waals surface area contributed by atoms with Crippen LogP contribution in [0.1, 0.15) is 31.2 Å². The molecule has 1 heterocycles. The number of ether oxygens (including phenoxy) is 1. The summed E-state index contributed by atoms with van der Waals surface area (Å²) in [5.74, 6) is 0.354. The van der Waals surface area contributed by atoms with Gasteiger partial charge in [-0.2, -0.15) is 0 Å². The largest absolute Gasteiger partial charge is 0.466 e. The molecule has 0 spiro atoms. The standard InChI is InChI=1S/C13H17NO2/c1-2-16-13(15)8-7-10-9-14-12-6-4-3-5-11(10)12/h3-6,10,14H,2,7-9H2,1H3. The van der Waals surface area contributed by atoms with Gasteiger partial charge in [-0.25, -0.2) is 0 Å². The minimum Gasteiger partial charge on any atom is -0.466 e. The number of anilines is 1. The van der Waals surface area contributed by atoms with E-state index < -0.39 is 0 Å². The zero-order chi connectivity index (χ0) is 11.4. The van der Waals surface area contributed by atoms with Crippen molar-refractivity contribution in [3.8, 4) is 0 Å². The minimum absolute atomic E-state index is 0.0909. The van der Waals surface area contributed by atoms with Gasteiger partial charge < -0.3 is 10.1 Å². The molecule has 3 nitrogen and oxygen atoms in total. The van der Waals surface area contributed by atoms with Crippen LogP contribution in [0, 0.1) is 0 Å². The Balaban J connectivity index is 1.91. The molecule has 0 amide bonds. The zero-order valence-electron chi connectivity index (χ0n) is 9.53. The molecule has 86 valence electrons. The Morgan fingerprint density at radius 3 is 3.12 bits per heavy atom. The quantitative estimate of drug-likeness (QED) is 0.791. The van der Waals surface area contributed by atoms with Crippen LogP contribution in [0.5, 0.6) is 0 Å². The fourth-order valence-corrected chi connectivity index (χ4v) is 2.14. The third-order valence-corrected chi connectivity index (χ3v) is 2.94. The highest BCUT2D eigenvalue weighted by molar-refractivity contribution is 5.69. The summed E-state index contributed by atoms with van der Waals surface area (Å²) in [5.41, 5.74) is 2.53. The van der Waals surface area contributed by atoms with Gasteiger partial charge in [0.25, 0.3) is 0 Å². The molecule has 1 aromatic rings. The number of fused-ring (bicyclic) bond motifs is 1. The molecule has 0 aromatic heterocycles. The van der Waals surface area contributed by atoms with Crippen LogP contribution in [0.4, 0.5) is 5.69 Å². The molecule has 1 aliphatic rings. The molecule has 0 fully saturated rings. The molecular weight excluding hydrogens is 202 g/mol. The van der Waals surface area contributed by atoms with Crippen molar-refractivity contribution in [1.82, 2.24) is 0 Å². The third kappa shape index (κ3) is 2.35. The van der Waals surface area contributed by atoms with E-state index in [0.29, 0.717) is 18.9 Å². The first-order valence-corrected chi connectivity index (χ1v) is 5.79. The molecule has 1 N–H and O–H groups in total. The molecule has 1 unspecified atom stereocenters. The highest BCUT2D eigenvalue weighted by Crippen LogP contribution is 2.33. The smallest absolute Gasteiger partial charge is 0.305 e. The first kappa shape index (κ1) is 11.0. The summed E-state index contributed by atoms with van der Waals surface area (Å²) in [6.07, 6.45) is 1.37. The van der Waals surface area contributed by atoms with Gasteiger partial charge in [0.15, 0.2) is 0 Å². The lowest BCUT2D eigenvalue weighted by Crippen LogP contribution is -2.08. The molecule has 3 heteroatoms. The molecule has 2 rings (SSSR count). The van der Waals surface area contributed by atoms with E-state index in [2.05, 4.69) is 17.4 Å². The van der Waals surface area contributed by atoms with Gasteiger partial charge in [0.1, 0.15) is 0 Å². The van der Waals surface area contributed by atoms with E-state index in [1.807, 2.05) is 19.1 Å². The monoisotopic (exact) mass is 219 g/mol. The van der Waals surface area contributed by atoms with Gasteiger partial charge in [-0.1, -0.05) is 18.2 Å². The van der Waals surface area contributed by atoms with E-state index in [1.54, 1.807) is 0 Å². The van der Waals surface area contributed by atoms with Gasteiger partial charge in [0.05, 0.1) is 6.61 Å². The van der Waals surface area contributed by atoms with Crippen LogP contribution in [-0.4, -0.2) is 19.1 Å². The highest BCUT2D eigenvalue weighted by atomic mass is 16.5. The fourth-order valence-electron chi connectivity index (χ4n) is 2.14. The van der Waals surface area contributed by atoms with E-state index >= 15 is 0 Å². The second-order valence-electron chi connectivity index (χ2n) is 4.01. The Kier molecular flexibility index (Phi) is 3.44. The van der Waals surface area contributed by atoms with Gasteiger partial charge >= 0.3 is 5.97 Å². The SMILES string of the molecule is CCOC(=O)CCC1CNc2ccccc21. The maximum atomic E-state index is 11.3. The molecule has 0 aliphatic carbocycles.